The van der Waals surface area contributed by atoms with Crippen molar-refractivity contribution in [2.45, 2.75) is 116 Å². The van der Waals surface area contributed by atoms with E-state index in [1.165, 1.54) is 4.90 Å². The van der Waals surface area contributed by atoms with Gasteiger partial charge >= 0.3 is 0 Å². The molecule has 2 fully saturated rings. The number of benzene rings is 1. The van der Waals surface area contributed by atoms with Crippen LogP contribution < -0.4 is 26.2 Å². The fourth-order valence-corrected chi connectivity index (χ4v) is 6.04. The molecule has 1 aromatic carbocycles. The fraction of sp³-hybridized carbons (Fsp3) is 0.667. The predicted molar refractivity (Wildman–Crippen MR) is 163 cm³/mol. The van der Waals surface area contributed by atoms with Gasteiger partial charge in [0, 0.05) is 6.54 Å². The standard InChI is InChI=1S/C33H49N4O7/c1-21(2)14-15-26(30(40)31(34)41)35-32(42)27-13-8-17-37(27)33(43)29(24-10-5-4-6-11-24)36-28(39)20-23-9-7-12-25(19-23)44-18-16-22(3)38/h7,9,12,19,21-22,24,26-27,29H,4-6,8,10-11,13-18,20H2,1-3H3,(H2,34,41)(H,35,42)(H,36,39)/q-1/t22-,26?,27+,29+/m1/s1. The molecule has 2 aliphatic rings. The molecule has 1 heterocycles. The highest BCUT2D eigenvalue weighted by atomic mass is 16.5. The zero-order valence-electron chi connectivity index (χ0n) is 26.3. The minimum atomic E-state index is -1.10. The van der Waals surface area contributed by atoms with Crippen LogP contribution in [0.4, 0.5) is 0 Å². The summed E-state index contributed by atoms with van der Waals surface area (Å²) in [6, 6.07) is 4.50. The first-order valence-corrected chi connectivity index (χ1v) is 16.1. The lowest BCUT2D eigenvalue weighted by molar-refractivity contribution is -0.415. The number of primary amides is 1. The van der Waals surface area contributed by atoms with Gasteiger partial charge in [0.2, 0.25) is 23.5 Å². The number of Topliss-reactive ketones (excluding diaryl/α,β-unsaturated/α-hetero) is 1. The van der Waals surface area contributed by atoms with Crippen LogP contribution >= 0.6 is 0 Å². The first-order chi connectivity index (χ1) is 21.0. The number of ether oxygens (including phenoxy) is 1. The van der Waals surface area contributed by atoms with Gasteiger partial charge in [-0.2, -0.15) is 0 Å². The van der Waals surface area contributed by atoms with Crippen LogP contribution in [0.3, 0.4) is 0 Å². The maximum absolute atomic E-state index is 14.1. The molecule has 0 aromatic heterocycles. The Kier molecular flexibility index (Phi) is 13.6. The largest absolute Gasteiger partial charge is 0.852 e. The number of nitrogens with one attached hydrogen (secondary N) is 2. The second kappa shape index (κ2) is 17.1. The third-order valence-electron chi connectivity index (χ3n) is 8.51. The highest BCUT2D eigenvalue weighted by Gasteiger charge is 2.41. The zero-order chi connectivity index (χ0) is 32.2. The van der Waals surface area contributed by atoms with Crippen LogP contribution in [-0.2, 0) is 30.4 Å². The molecule has 11 heteroatoms. The number of rotatable bonds is 16. The number of hydrogen-bond donors (Lipinski definition) is 3. The van der Waals surface area contributed by atoms with Crippen molar-refractivity contribution in [1.82, 2.24) is 15.5 Å². The number of ketones is 1. The minimum Gasteiger partial charge on any atom is -0.852 e. The third kappa shape index (κ3) is 10.6. The van der Waals surface area contributed by atoms with E-state index in [0.717, 1.165) is 37.7 Å². The van der Waals surface area contributed by atoms with E-state index in [1.807, 2.05) is 19.9 Å². The van der Waals surface area contributed by atoms with Gasteiger partial charge in [0.05, 0.1) is 19.1 Å². The number of nitrogens with zero attached hydrogens (tertiary/aromatic N) is 1. The molecule has 0 spiro atoms. The maximum Gasteiger partial charge on any atom is 0.287 e. The van der Waals surface area contributed by atoms with Crippen molar-refractivity contribution >= 4 is 29.4 Å². The van der Waals surface area contributed by atoms with Crippen LogP contribution in [0.5, 0.6) is 5.75 Å². The van der Waals surface area contributed by atoms with Gasteiger partial charge < -0.3 is 31.1 Å². The van der Waals surface area contributed by atoms with Gasteiger partial charge in [-0.1, -0.05) is 52.2 Å². The average Bonchev–Trinajstić information content (AvgIpc) is 3.48. The van der Waals surface area contributed by atoms with Crippen LogP contribution in [0.2, 0.25) is 0 Å². The average molecular weight is 614 g/mol. The van der Waals surface area contributed by atoms with E-state index in [0.29, 0.717) is 38.0 Å². The van der Waals surface area contributed by atoms with Gasteiger partial charge in [0.1, 0.15) is 17.8 Å². The SMILES string of the molecule is CC(C)CCC(NC(=O)[C@@H]1CCCN1C(=O)[C@@H](NC(=O)Cc1cccc(OCC[C@@H](C)[O-])c1)C1CCCCC1)C(=O)C(N)=O. The Hall–Kier alpha value is -3.47. The number of carbonyl (C=O) groups excluding carboxylic acids is 5. The monoisotopic (exact) mass is 613 g/mol. The van der Waals surface area contributed by atoms with E-state index in [-0.39, 0.29) is 43.1 Å². The first-order valence-electron chi connectivity index (χ1n) is 16.1. The molecule has 1 unspecified atom stereocenters. The van der Waals surface area contributed by atoms with Crippen molar-refractivity contribution in [3.8, 4) is 5.75 Å². The van der Waals surface area contributed by atoms with Gasteiger partial charge in [-0.05, 0) is 74.5 Å². The first kappa shape index (κ1) is 35.0. The van der Waals surface area contributed by atoms with Crippen LogP contribution in [-0.4, -0.2) is 71.7 Å². The zero-order valence-corrected chi connectivity index (χ0v) is 26.3. The number of nitrogens with two attached hydrogens (primary N) is 1. The molecular weight excluding hydrogens is 564 g/mol. The van der Waals surface area contributed by atoms with Crippen LogP contribution in [0, 0.1) is 11.8 Å². The molecule has 3 rings (SSSR count). The fourth-order valence-electron chi connectivity index (χ4n) is 6.04. The van der Waals surface area contributed by atoms with E-state index in [4.69, 9.17) is 10.5 Å². The van der Waals surface area contributed by atoms with Gasteiger partial charge in [-0.25, -0.2) is 0 Å². The Morgan fingerprint density at radius 2 is 1.70 bits per heavy atom. The summed E-state index contributed by atoms with van der Waals surface area (Å²) in [4.78, 5) is 66.4. The molecule has 0 bridgehead atoms. The minimum absolute atomic E-state index is 0.0440. The van der Waals surface area contributed by atoms with Gasteiger partial charge in [-0.3, -0.25) is 24.0 Å². The summed E-state index contributed by atoms with van der Waals surface area (Å²) in [5.41, 5.74) is 5.97. The molecule has 1 saturated carbocycles. The van der Waals surface area contributed by atoms with Crippen molar-refractivity contribution in [1.29, 1.82) is 0 Å². The van der Waals surface area contributed by atoms with E-state index in [1.54, 1.807) is 25.1 Å². The van der Waals surface area contributed by atoms with Crippen molar-refractivity contribution < 1.29 is 33.8 Å². The summed E-state index contributed by atoms with van der Waals surface area (Å²) in [6.07, 6.45) is 6.21. The number of amides is 4. The second-order valence-electron chi connectivity index (χ2n) is 12.7. The van der Waals surface area contributed by atoms with Crippen LogP contribution in [0.25, 0.3) is 0 Å². The molecule has 1 aliphatic heterocycles. The summed E-state index contributed by atoms with van der Waals surface area (Å²) < 4.78 is 5.66. The third-order valence-corrected chi connectivity index (χ3v) is 8.51. The Balaban J connectivity index is 1.72. The number of likely N-dealkylation sites (tertiary alicyclic amines) is 1. The molecular formula is C33H49N4O7-. The lowest BCUT2D eigenvalue weighted by Crippen LogP contribution is -2.58. The molecule has 244 valence electrons. The topological polar surface area (TPSA) is 171 Å². The van der Waals surface area contributed by atoms with Crippen molar-refractivity contribution in [2.24, 2.45) is 17.6 Å². The lowest BCUT2D eigenvalue weighted by Gasteiger charge is -2.35. The Morgan fingerprint density at radius 1 is 0.977 bits per heavy atom. The van der Waals surface area contributed by atoms with Crippen molar-refractivity contribution in [3.05, 3.63) is 29.8 Å². The predicted octanol–water partition coefficient (Wildman–Crippen LogP) is 1.78. The van der Waals surface area contributed by atoms with E-state index in [2.05, 4.69) is 10.6 Å². The molecule has 0 radical (unpaired) electrons. The lowest BCUT2D eigenvalue weighted by atomic mass is 9.83. The highest BCUT2D eigenvalue weighted by Crippen LogP contribution is 2.29. The smallest absolute Gasteiger partial charge is 0.287 e. The van der Waals surface area contributed by atoms with Gasteiger partial charge in [0.25, 0.3) is 5.91 Å². The van der Waals surface area contributed by atoms with Gasteiger partial charge in [-0.15, -0.1) is 6.10 Å². The maximum atomic E-state index is 14.1. The summed E-state index contributed by atoms with van der Waals surface area (Å²) in [5, 5.41) is 17.0. The highest BCUT2D eigenvalue weighted by molar-refractivity contribution is 6.37. The molecule has 44 heavy (non-hydrogen) atoms. The molecule has 4 atom stereocenters. The quantitative estimate of drug-likeness (QED) is 0.239. The second-order valence-corrected chi connectivity index (χ2v) is 12.7. The summed E-state index contributed by atoms with van der Waals surface area (Å²) in [6.45, 7) is 6.19. The number of carbonyl (C=O) groups is 5. The van der Waals surface area contributed by atoms with Crippen molar-refractivity contribution in [2.75, 3.05) is 13.2 Å². The van der Waals surface area contributed by atoms with Crippen LogP contribution in [0.15, 0.2) is 24.3 Å². The summed E-state index contributed by atoms with van der Waals surface area (Å²) in [7, 11) is 0. The summed E-state index contributed by atoms with van der Waals surface area (Å²) >= 11 is 0. The normalized spacial score (nSPS) is 19.2. The number of hydrogen-bond acceptors (Lipinski definition) is 7. The molecule has 1 saturated heterocycles. The molecule has 4 amide bonds. The molecule has 11 nitrogen and oxygen atoms in total. The van der Waals surface area contributed by atoms with Crippen LogP contribution in [0.1, 0.15) is 90.5 Å². The van der Waals surface area contributed by atoms with E-state index >= 15 is 0 Å². The molecule has 4 N–H and O–H groups in total. The van der Waals surface area contributed by atoms with E-state index < -0.39 is 41.8 Å². The Bertz CT molecular complexity index is 1150. The van der Waals surface area contributed by atoms with Crippen molar-refractivity contribution in [3.63, 3.8) is 0 Å². The van der Waals surface area contributed by atoms with Gasteiger partial charge in [0.15, 0.2) is 0 Å². The Morgan fingerprint density at radius 3 is 2.36 bits per heavy atom. The molecule has 1 aliphatic carbocycles. The van der Waals surface area contributed by atoms with E-state index in [9.17, 15) is 29.1 Å². The Labute approximate surface area is 260 Å². The summed E-state index contributed by atoms with van der Waals surface area (Å²) in [5.74, 6) is -2.28. The molecule has 1 aromatic rings.